The molecule has 0 spiro atoms. The molecule has 2 aromatic heterocycles. The fraction of sp³-hybridized carbons (Fsp3) is 0.182. The Kier molecular flexibility index (Phi) is 3.70. The smallest absolute Gasteiger partial charge is 0.0746 e. The number of hydrogen-bond donors (Lipinski definition) is 2. The van der Waals surface area contributed by atoms with Gasteiger partial charge in [-0.05, 0) is 45.4 Å². The first-order valence-electron chi connectivity index (χ1n) is 4.83. The fourth-order valence-corrected chi connectivity index (χ4v) is 3.20. The van der Waals surface area contributed by atoms with Crippen molar-refractivity contribution in [2.24, 2.45) is 5.84 Å². The van der Waals surface area contributed by atoms with Crippen LogP contribution in [0, 0.1) is 6.92 Å². The predicted octanol–water partition coefficient (Wildman–Crippen LogP) is 2.77. The van der Waals surface area contributed by atoms with Gasteiger partial charge in [-0.2, -0.15) is 11.3 Å². The van der Waals surface area contributed by atoms with Crippen LogP contribution in [-0.2, 0) is 0 Å². The summed E-state index contributed by atoms with van der Waals surface area (Å²) >= 11 is 5.17. The molecule has 0 aliphatic heterocycles. The van der Waals surface area contributed by atoms with E-state index in [4.69, 9.17) is 5.84 Å². The Hall–Kier alpha value is -0.750. The monoisotopic (exact) mass is 297 g/mol. The Morgan fingerprint density at radius 1 is 1.44 bits per heavy atom. The first-order chi connectivity index (χ1) is 7.74. The summed E-state index contributed by atoms with van der Waals surface area (Å²) in [5, 5.41) is 4.13. The highest BCUT2D eigenvalue weighted by molar-refractivity contribution is 9.10. The van der Waals surface area contributed by atoms with Crippen LogP contribution in [0.4, 0.5) is 0 Å². The van der Waals surface area contributed by atoms with Gasteiger partial charge in [0.2, 0.25) is 0 Å². The minimum absolute atomic E-state index is 0.0191. The van der Waals surface area contributed by atoms with Gasteiger partial charge in [0.1, 0.15) is 0 Å². The van der Waals surface area contributed by atoms with E-state index in [1.165, 1.54) is 0 Å². The van der Waals surface area contributed by atoms with E-state index in [9.17, 15) is 0 Å². The lowest BCUT2D eigenvalue weighted by molar-refractivity contribution is 0.630. The predicted molar refractivity (Wildman–Crippen MR) is 70.2 cm³/mol. The number of rotatable bonds is 3. The molecule has 0 radical (unpaired) electrons. The average Bonchev–Trinajstić information content (AvgIpc) is 2.69. The van der Waals surface area contributed by atoms with Gasteiger partial charge in [0.05, 0.1) is 6.04 Å². The van der Waals surface area contributed by atoms with Crippen LogP contribution in [0.5, 0.6) is 0 Å². The van der Waals surface area contributed by atoms with E-state index in [1.54, 1.807) is 17.5 Å². The third kappa shape index (κ3) is 2.17. The molecule has 0 saturated carbocycles. The highest BCUT2D eigenvalue weighted by atomic mass is 79.9. The van der Waals surface area contributed by atoms with Gasteiger partial charge in [-0.1, -0.05) is 6.07 Å². The minimum atomic E-state index is -0.0191. The number of aryl methyl sites for hydroxylation is 1. The van der Waals surface area contributed by atoms with Crippen LogP contribution >= 0.6 is 27.3 Å². The summed E-state index contributed by atoms with van der Waals surface area (Å²) in [7, 11) is 0. The van der Waals surface area contributed by atoms with Crippen LogP contribution < -0.4 is 11.3 Å². The normalized spacial score (nSPS) is 12.7. The molecule has 16 heavy (non-hydrogen) atoms. The van der Waals surface area contributed by atoms with E-state index in [2.05, 4.69) is 31.7 Å². The second kappa shape index (κ2) is 5.05. The molecular weight excluding hydrogens is 286 g/mol. The zero-order valence-electron chi connectivity index (χ0n) is 8.77. The molecule has 0 bridgehead atoms. The van der Waals surface area contributed by atoms with Gasteiger partial charge >= 0.3 is 0 Å². The molecule has 0 aromatic carbocycles. The van der Waals surface area contributed by atoms with Crippen LogP contribution in [0.3, 0.4) is 0 Å². The van der Waals surface area contributed by atoms with Crippen LogP contribution in [0.15, 0.2) is 33.6 Å². The van der Waals surface area contributed by atoms with Crippen molar-refractivity contribution in [3.8, 4) is 0 Å². The summed E-state index contributed by atoms with van der Waals surface area (Å²) in [5.41, 5.74) is 6.07. The number of thiophene rings is 1. The number of halogens is 1. The van der Waals surface area contributed by atoms with Crippen molar-refractivity contribution in [2.45, 2.75) is 13.0 Å². The Balaban J connectivity index is 2.45. The molecule has 2 aromatic rings. The van der Waals surface area contributed by atoms with Gasteiger partial charge in [-0.25, -0.2) is 5.43 Å². The van der Waals surface area contributed by atoms with Gasteiger partial charge in [-0.3, -0.25) is 10.8 Å². The molecule has 2 rings (SSSR count). The minimum Gasteiger partial charge on any atom is -0.271 e. The summed E-state index contributed by atoms with van der Waals surface area (Å²) in [4.78, 5) is 4.28. The lowest BCUT2D eigenvalue weighted by Crippen LogP contribution is -2.29. The molecule has 84 valence electrons. The van der Waals surface area contributed by atoms with E-state index in [0.29, 0.717) is 0 Å². The molecule has 2 heterocycles. The summed E-state index contributed by atoms with van der Waals surface area (Å²) in [6.07, 6.45) is 1.79. The van der Waals surface area contributed by atoms with E-state index in [-0.39, 0.29) is 6.04 Å². The Morgan fingerprint density at radius 2 is 2.25 bits per heavy atom. The maximum Gasteiger partial charge on any atom is 0.0746 e. The molecule has 3 N–H and O–H groups in total. The topological polar surface area (TPSA) is 50.9 Å². The fourth-order valence-electron chi connectivity index (χ4n) is 1.65. The van der Waals surface area contributed by atoms with Crippen molar-refractivity contribution in [1.82, 2.24) is 10.4 Å². The standard InChI is InChI=1S/C11H12BrN3S/c1-7-8(3-2-4-14-7)11(15-13)9-5-16-6-10(9)12/h2-6,11,15H,13H2,1H3. The van der Waals surface area contributed by atoms with E-state index >= 15 is 0 Å². The van der Waals surface area contributed by atoms with E-state index < -0.39 is 0 Å². The summed E-state index contributed by atoms with van der Waals surface area (Å²) in [6.45, 7) is 1.99. The number of nitrogens with two attached hydrogens (primary N) is 1. The number of hydrazine groups is 1. The van der Waals surface area contributed by atoms with E-state index in [0.717, 1.165) is 21.3 Å². The SMILES string of the molecule is Cc1ncccc1C(NN)c1cscc1Br. The molecular formula is C11H12BrN3S. The average molecular weight is 298 g/mol. The highest BCUT2D eigenvalue weighted by Gasteiger charge is 2.17. The summed E-state index contributed by atoms with van der Waals surface area (Å²) in [6, 6.07) is 3.94. The number of nitrogens with zero attached hydrogens (tertiary/aromatic N) is 1. The zero-order valence-corrected chi connectivity index (χ0v) is 11.2. The van der Waals surface area contributed by atoms with Crippen LogP contribution in [0.1, 0.15) is 22.9 Å². The van der Waals surface area contributed by atoms with Crippen LogP contribution in [-0.4, -0.2) is 4.98 Å². The lowest BCUT2D eigenvalue weighted by atomic mass is 10.0. The number of nitrogens with one attached hydrogen (secondary N) is 1. The Labute approximate surface area is 107 Å². The second-order valence-corrected chi connectivity index (χ2v) is 5.05. The van der Waals surface area contributed by atoms with Crippen molar-refractivity contribution in [3.05, 3.63) is 50.4 Å². The molecule has 0 aliphatic carbocycles. The maximum absolute atomic E-state index is 5.64. The van der Waals surface area contributed by atoms with Crippen LogP contribution in [0.25, 0.3) is 0 Å². The van der Waals surface area contributed by atoms with Crippen LogP contribution in [0.2, 0.25) is 0 Å². The van der Waals surface area contributed by atoms with Crippen molar-refractivity contribution in [3.63, 3.8) is 0 Å². The highest BCUT2D eigenvalue weighted by Crippen LogP contribution is 2.31. The Bertz CT molecular complexity index is 484. The Morgan fingerprint density at radius 3 is 2.81 bits per heavy atom. The second-order valence-electron chi connectivity index (χ2n) is 3.45. The zero-order chi connectivity index (χ0) is 11.5. The van der Waals surface area contributed by atoms with Crippen molar-refractivity contribution < 1.29 is 0 Å². The molecule has 0 fully saturated rings. The third-order valence-corrected chi connectivity index (χ3v) is 4.23. The quantitative estimate of drug-likeness (QED) is 0.677. The molecule has 1 atom stereocenters. The first kappa shape index (κ1) is 11.7. The van der Waals surface area contributed by atoms with Gasteiger partial charge in [0.15, 0.2) is 0 Å². The van der Waals surface area contributed by atoms with Gasteiger partial charge in [-0.15, -0.1) is 0 Å². The number of pyridine rings is 1. The third-order valence-electron chi connectivity index (χ3n) is 2.48. The summed E-state index contributed by atoms with van der Waals surface area (Å²) in [5.74, 6) is 5.64. The number of hydrogen-bond acceptors (Lipinski definition) is 4. The maximum atomic E-state index is 5.64. The number of aromatic nitrogens is 1. The lowest BCUT2D eigenvalue weighted by Gasteiger charge is -2.17. The molecule has 3 nitrogen and oxygen atoms in total. The molecule has 0 aliphatic rings. The molecule has 1 unspecified atom stereocenters. The van der Waals surface area contributed by atoms with Crippen molar-refractivity contribution >= 4 is 27.3 Å². The van der Waals surface area contributed by atoms with Gasteiger partial charge < -0.3 is 0 Å². The van der Waals surface area contributed by atoms with Crippen molar-refractivity contribution in [2.75, 3.05) is 0 Å². The molecule has 5 heteroatoms. The van der Waals surface area contributed by atoms with E-state index in [1.807, 2.05) is 24.4 Å². The van der Waals surface area contributed by atoms with Gasteiger partial charge in [0.25, 0.3) is 0 Å². The largest absolute Gasteiger partial charge is 0.271 e. The molecule has 0 amide bonds. The first-order valence-corrected chi connectivity index (χ1v) is 6.57. The van der Waals surface area contributed by atoms with Gasteiger partial charge in [0, 0.05) is 21.7 Å². The molecule has 0 saturated heterocycles. The van der Waals surface area contributed by atoms with Crippen molar-refractivity contribution in [1.29, 1.82) is 0 Å². The summed E-state index contributed by atoms with van der Waals surface area (Å²) < 4.78 is 1.07.